The van der Waals surface area contributed by atoms with Gasteiger partial charge in [-0.3, -0.25) is 9.78 Å². The first-order valence-electron chi connectivity index (χ1n) is 11.5. The molecule has 0 unspecified atom stereocenters. The molecule has 7 heteroatoms. The van der Waals surface area contributed by atoms with Crippen LogP contribution < -0.4 is 0 Å². The van der Waals surface area contributed by atoms with Crippen LogP contribution >= 0.6 is 43.5 Å². The van der Waals surface area contributed by atoms with E-state index < -0.39 is 0 Å². The van der Waals surface area contributed by atoms with Gasteiger partial charge in [0.2, 0.25) is 5.91 Å². The van der Waals surface area contributed by atoms with Crippen LogP contribution in [0.2, 0.25) is 5.02 Å². The number of likely N-dealkylation sites (tertiary alicyclic amines) is 1. The lowest BCUT2D eigenvalue weighted by atomic mass is 9.76. The number of aromatic nitrogens is 1. The standard InChI is InChI=1S/C25H27Br2ClN2O2/c26-19-11-18-2-1-17-12-20(28)13-21(27)22(17)23(24(18)29-14-19)15-3-7-30(8-4-15)25(31)16-5-9-32-10-6-16/h11-16,23H,1-10H2/t23-/m1/s1. The zero-order chi connectivity index (χ0) is 22.2. The second-order valence-corrected chi connectivity index (χ2v) is 11.4. The van der Waals surface area contributed by atoms with Crippen LogP contribution in [0, 0.1) is 11.8 Å². The summed E-state index contributed by atoms with van der Waals surface area (Å²) in [6.07, 6.45) is 7.53. The van der Waals surface area contributed by atoms with Crippen LogP contribution in [0.3, 0.4) is 0 Å². The third-order valence-electron chi connectivity index (χ3n) is 7.31. The van der Waals surface area contributed by atoms with Crippen LogP contribution in [0.4, 0.5) is 0 Å². The molecule has 2 aliphatic heterocycles. The Kier molecular flexibility index (Phi) is 6.94. The van der Waals surface area contributed by atoms with Crippen molar-refractivity contribution in [3.05, 3.63) is 60.7 Å². The van der Waals surface area contributed by atoms with Crippen LogP contribution in [-0.4, -0.2) is 42.1 Å². The fourth-order valence-electron chi connectivity index (χ4n) is 5.69. The average Bonchev–Trinajstić information content (AvgIpc) is 2.96. The van der Waals surface area contributed by atoms with Gasteiger partial charge in [0.15, 0.2) is 0 Å². The first kappa shape index (κ1) is 22.8. The van der Waals surface area contributed by atoms with Gasteiger partial charge >= 0.3 is 0 Å². The highest BCUT2D eigenvalue weighted by molar-refractivity contribution is 9.10. The molecule has 1 aliphatic carbocycles. The van der Waals surface area contributed by atoms with E-state index in [-0.39, 0.29) is 11.8 Å². The van der Waals surface area contributed by atoms with Gasteiger partial charge in [-0.25, -0.2) is 0 Å². The number of amides is 1. The summed E-state index contributed by atoms with van der Waals surface area (Å²) in [7, 11) is 0. The number of benzene rings is 1. The highest BCUT2D eigenvalue weighted by Crippen LogP contribution is 2.46. The molecule has 1 aromatic carbocycles. The predicted molar refractivity (Wildman–Crippen MR) is 133 cm³/mol. The van der Waals surface area contributed by atoms with Crippen molar-refractivity contribution in [3.63, 3.8) is 0 Å². The van der Waals surface area contributed by atoms with Gasteiger partial charge in [-0.2, -0.15) is 0 Å². The number of aryl methyl sites for hydroxylation is 2. The van der Waals surface area contributed by atoms with E-state index >= 15 is 0 Å². The van der Waals surface area contributed by atoms with Crippen molar-refractivity contribution < 1.29 is 9.53 Å². The van der Waals surface area contributed by atoms with E-state index in [0.717, 1.165) is 65.6 Å². The molecule has 1 atom stereocenters. The number of carbonyl (C=O) groups excluding carboxylic acids is 1. The van der Waals surface area contributed by atoms with Crippen molar-refractivity contribution in [2.45, 2.75) is 44.4 Å². The number of fused-ring (bicyclic) bond motifs is 2. The fraction of sp³-hybridized carbons (Fsp3) is 0.520. The Bertz CT molecular complexity index is 1020. The minimum Gasteiger partial charge on any atom is -0.381 e. The molecule has 1 aromatic heterocycles. The van der Waals surface area contributed by atoms with Crippen molar-refractivity contribution in [1.82, 2.24) is 9.88 Å². The van der Waals surface area contributed by atoms with E-state index in [9.17, 15) is 4.79 Å². The van der Waals surface area contributed by atoms with Gasteiger partial charge in [-0.15, -0.1) is 0 Å². The Balaban J connectivity index is 1.44. The summed E-state index contributed by atoms with van der Waals surface area (Å²) >= 11 is 13.9. The van der Waals surface area contributed by atoms with Gasteiger partial charge in [0.05, 0.1) is 5.69 Å². The molecule has 0 N–H and O–H groups in total. The lowest BCUT2D eigenvalue weighted by molar-refractivity contribution is -0.140. The summed E-state index contributed by atoms with van der Waals surface area (Å²) in [6.45, 7) is 3.06. The monoisotopic (exact) mass is 580 g/mol. The van der Waals surface area contributed by atoms with Gasteiger partial charge < -0.3 is 9.64 Å². The fourth-order valence-corrected chi connectivity index (χ4v) is 7.19. The second kappa shape index (κ2) is 9.73. The maximum absolute atomic E-state index is 13.0. The molecule has 0 spiro atoms. The van der Waals surface area contributed by atoms with Gasteiger partial charge in [-0.05, 0) is 95.3 Å². The van der Waals surface area contributed by atoms with Crippen molar-refractivity contribution >= 4 is 49.4 Å². The van der Waals surface area contributed by atoms with Crippen LogP contribution in [0.1, 0.15) is 54.0 Å². The van der Waals surface area contributed by atoms with E-state index in [1.807, 2.05) is 12.3 Å². The summed E-state index contributed by atoms with van der Waals surface area (Å²) in [6, 6.07) is 6.36. The van der Waals surface area contributed by atoms with Crippen molar-refractivity contribution in [3.8, 4) is 0 Å². The number of carbonyl (C=O) groups is 1. The Morgan fingerprint density at radius 2 is 1.75 bits per heavy atom. The minimum absolute atomic E-state index is 0.134. The number of nitrogens with zero attached hydrogens (tertiary/aromatic N) is 2. The van der Waals surface area contributed by atoms with Gasteiger partial charge in [0, 0.05) is 58.3 Å². The smallest absolute Gasteiger partial charge is 0.225 e. The van der Waals surface area contributed by atoms with Crippen LogP contribution in [0.5, 0.6) is 0 Å². The van der Waals surface area contributed by atoms with Crippen LogP contribution in [0.15, 0.2) is 33.3 Å². The highest BCUT2D eigenvalue weighted by Gasteiger charge is 2.37. The number of piperidine rings is 1. The molecule has 32 heavy (non-hydrogen) atoms. The highest BCUT2D eigenvalue weighted by atomic mass is 79.9. The summed E-state index contributed by atoms with van der Waals surface area (Å²) in [5, 5.41) is 0.770. The lowest BCUT2D eigenvalue weighted by Gasteiger charge is -2.38. The van der Waals surface area contributed by atoms with E-state index in [1.54, 1.807) is 0 Å². The first-order valence-corrected chi connectivity index (χ1v) is 13.5. The van der Waals surface area contributed by atoms with E-state index in [0.29, 0.717) is 25.0 Å². The van der Waals surface area contributed by atoms with Crippen molar-refractivity contribution in [1.29, 1.82) is 0 Å². The molecule has 3 aliphatic rings. The van der Waals surface area contributed by atoms with Gasteiger partial charge in [0.25, 0.3) is 0 Å². The molecule has 1 amide bonds. The zero-order valence-corrected chi connectivity index (χ0v) is 21.9. The molecule has 170 valence electrons. The Morgan fingerprint density at radius 3 is 2.50 bits per heavy atom. The maximum Gasteiger partial charge on any atom is 0.225 e. The largest absolute Gasteiger partial charge is 0.381 e. The molecule has 5 rings (SSSR count). The molecule has 2 fully saturated rings. The van der Waals surface area contributed by atoms with Crippen LogP contribution in [-0.2, 0) is 22.4 Å². The van der Waals surface area contributed by atoms with E-state index in [2.05, 4.69) is 48.9 Å². The molecule has 4 nitrogen and oxygen atoms in total. The summed E-state index contributed by atoms with van der Waals surface area (Å²) < 4.78 is 7.54. The molecule has 2 saturated heterocycles. The van der Waals surface area contributed by atoms with Crippen molar-refractivity contribution in [2.75, 3.05) is 26.3 Å². The molecule has 0 radical (unpaired) electrons. The summed E-state index contributed by atoms with van der Waals surface area (Å²) in [5.41, 5.74) is 5.13. The van der Waals surface area contributed by atoms with Crippen molar-refractivity contribution in [2.24, 2.45) is 11.8 Å². The average molecular weight is 583 g/mol. The van der Waals surface area contributed by atoms with Gasteiger partial charge in [0.1, 0.15) is 0 Å². The SMILES string of the molecule is O=C(C1CCOCC1)N1CCC([C@H]2c3ncc(Br)cc3CCc3cc(Cl)cc(Br)c32)CC1. The Hall–Kier alpha value is -0.950. The summed E-state index contributed by atoms with van der Waals surface area (Å²) in [4.78, 5) is 20.1. The lowest BCUT2D eigenvalue weighted by Crippen LogP contribution is -2.44. The number of rotatable bonds is 2. The van der Waals surface area contributed by atoms with Crippen LogP contribution in [0.25, 0.3) is 0 Å². The van der Waals surface area contributed by atoms with E-state index in [4.69, 9.17) is 21.3 Å². The van der Waals surface area contributed by atoms with E-state index in [1.165, 1.54) is 22.4 Å². The topological polar surface area (TPSA) is 42.4 Å². The molecule has 2 aromatic rings. The summed E-state index contributed by atoms with van der Waals surface area (Å²) in [5.74, 6) is 1.11. The Morgan fingerprint density at radius 1 is 1.03 bits per heavy atom. The number of pyridine rings is 1. The predicted octanol–water partition coefficient (Wildman–Crippen LogP) is 6.16. The van der Waals surface area contributed by atoms with Gasteiger partial charge in [-0.1, -0.05) is 27.5 Å². The zero-order valence-electron chi connectivity index (χ0n) is 18.0. The quantitative estimate of drug-likeness (QED) is 0.426. The Labute approximate surface area is 211 Å². The molecular weight excluding hydrogens is 556 g/mol. The maximum atomic E-state index is 13.0. The minimum atomic E-state index is 0.134. The number of hydrogen-bond donors (Lipinski definition) is 0. The number of hydrogen-bond acceptors (Lipinski definition) is 3. The normalized spacial score (nSPS) is 22.2. The molecule has 0 saturated carbocycles. The second-order valence-electron chi connectivity index (χ2n) is 9.19. The number of halogens is 3. The molecule has 3 heterocycles. The number of ether oxygens (including phenoxy) is 1. The third kappa shape index (κ3) is 4.53. The first-order chi connectivity index (χ1) is 15.5. The third-order valence-corrected chi connectivity index (χ3v) is 8.62. The molecule has 0 bridgehead atoms. The molecular formula is C25H27Br2ClN2O2.